The number of nitrogens with one attached hydrogen (secondary N) is 1. The molecule has 0 saturated heterocycles. The van der Waals surface area contributed by atoms with E-state index in [1.165, 1.54) is 0 Å². The molecule has 0 aromatic carbocycles. The zero-order valence-electron chi connectivity index (χ0n) is 8.54. The molecule has 0 aliphatic carbocycles. The molecule has 86 valence electrons. The third kappa shape index (κ3) is 4.10. The number of carbonyl (C=O) groups excluding carboxylic acids is 1. The van der Waals surface area contributed by atoms with E-state index in [1.807, 2.05) is 19.9 Å². The second-order valence-corrected chi connectivity index (χ2v) is 5.73. The van der Waals surface area contributed by atoms with Crippen LogP contribution >= 0.6 is 39.7 Å². The molecule has 0 fully saturated rings. The summed E-state index contributed by atoms with van der Waals surface area (Å²) < 4.78 is 0.872. The molecule has 0 aliphatic rings. The predicted molar refractivity (Wildman–Crippen MR) is 70.0 cm³/mol. The zero-order valence-corrected chi connectivity index (χ0v) is 11.8. The molecule has 3 nitrogen and oxygen atoms in total. The van der Waals surface area contributed by atoms with E-state index in [2.05, 4.69) is 21.2 Å². The first-order chi connectivity index (χ1) is 6.54. The second-order valence-electron chi connectivity index (χ2n) is 3.15. The van der Waals surface area contributed by atoms with Gasteiger partial charge in [0, 0.05) is 17.5 Å². The van der Waals surface area contributed by atoms with E-state index < -0.39 is 0 Å². The quantitative estimate of drug-likeness (QED) is 0.900. The van der Waals surface area contributed by atoms with E-state index >= 15 is 0 Å². The molecule has 1 heterocycles. The Hall–Kier alpha value is -0.1000. The van der Waals surface area contributed by atoms with Gasteiger partial charge >= 0.3 is 0 Å². The first-order valence-electron chi connectivity index (χ1n) is 4.31. The molecular formula is C9H14BrClN2OS. The Morgan fingerprint density at radius 3 is 2.73 bits per heavy atom. The smallest absolute Gasteiger partial charge is 0.253 e. The van der Waals surface area contributed by atoms with Crippen molar-refractivity contribution in [1.82, 2.24) is 5.32 Å². The average Bonchev–Trinajstić information content (AvgIpc) is 2.45. The summed E-state index contributed by atoms with van der Waals surface area (Å²) in [6.45, 7) is 4.30. The Morgan fingerprint density at radius 1 is 1.73 bits per heavy atom. The van der Waals surface area contributed by atoms with Crippen molar-refractivity contribution >= 4 is 45.6 Å². The summed E-state index contributed by atoms with van der Waals surface area (Å²) in [4.78, 5) is 12.8. The minimum Gasteiger partial charge on any atom is -0.348 e. The molecule has 0 aliphatic heterocycles. The van der Waals surface area contributed by atoms with E-state index in [0.29, 0.717) is 12.1 Å². The van der Waals surface area contributed by atoms with Crippen LogP contribution in [0.15, 0.2) is 9.85 Å². The Bertz CT molecular complexity index is 343. The summed E-state index contributed by atoms with van der Waals surface area (Å²) in [7, 11) is 0. The van der Waals surface area contributed by atoms with Crippen molar-refractivity contribution in [3.8, 4) is 0 Å². The molecule has 1 aromatic rings. The van der Waals surface area contributed by atoms with Gasteiger partial charge in [0.25, 0.3) is 5.91 Å². The highest BCUT2D eigenvalue weighted by Crippen LogP contribution is 2.27. The van der Waals surface area contributed by atoms with Crippen LogP contribution in [0.1, 0.15) is 22.2 Å². The number of rotatable bonds is 3. The largest absolute Gasteiger partial charge is 0.348 e. The maximum Gasteiger partial charge on any atom is 0.253 e. The topological polar surface area (TPSA) is 55.1 Å². The van der Waals surface area contributed by atoms with Gasteiger partial charge in [-0.25, -0.2) is 0 Å². The zero-order chi connectivity index (χ0) is 10.7. The molecule has 6 heteroatoms. The lowest BCUT2D eigenvalue weighted by atomic mass is 10.2. The first-order valence-corrected chi connectivity index (χ1v) is 5.92. The lowest BCUT2D eigenvalue weighted by Crippen LogP contribution is -2.37. The normalized spacial score (nSPS) is 11.7. The van der Waals surface area contributed by atoms with Crippen LogP contribution in [0.2, 0.25) is 0 Å². The van der Waals surface area contributed by atoms with Crippen molar-refractivity contribution in [3.05, 3.63) is 20.3 Å². The molecule has 3 N–H and O–H groups in total. The highest BCUT2D eigenvalue weighted by atomic mass is 79.9. The molecule has 1 aromatic heterocycles. The number of carbonyl (C=O) groups is 1. The lowest BCUT2D eigenvalue weighted by Gasteiger charge is -2.10. The molecule has 1 rings (SSSR count). The van der Waals surface area contributed by atoms with Crippen molar-refractivity contribution in [2.45, 2.75) is 19.9 Å². The Morgan fingerprint density at radius 2 is 2.33 bits per heavy atom. The Kier molecular flexibility index (Phi) is 6.43. The maximum absolute atomic E-state index is 11.7. The van der Waals surface area contributed by atoms with Crippen LogP contribution in [0, 0.1) is 6.92 Å². The van der Waals surface area contributed by atoms with Crippen molar-refractivity contribution in [3.63, 3.8) is 0 Å². The van der Waals surface area contributed by atoms with Gasteiger partial charge in [-0.15, -0.1) is 23.7 Å². The van der Waals surface area contributed by atoms with Gasteiger partial charge in [0.05, 0.1) is 9.35 Å². The molecule has 0 saturated carbocycles. The lowest BCUT2D eigenvalue weighted by molar-refractivity contribution is 0.0941. The number of thiophene rings is 1. The number of nitrogens with two attached hydrogens (primary N) is 1. The van der Waals surface area contributed by atoms with Gasteiger partial charge in [0.15, 0.2) is 0 Å². The molecule has 0 spiro atoms. The summed E-state index contributed by atoms with van der Waals surface area (Å²) in [5, 5.41) is 2.81. The predicted octanol–water partition coefficient (Wildman–Crippen LogP) is 2.32. The van der Waals surface area contributed by atoms with Crippen LogP contribution in [0.4, 0.5) is 0 Å². The Balaban J connectivity index is 0.00000196. The van der Waals surface area contributed by atoms with E-state index in [-0.39, 0.29) is 24.4 Å². The monoisotopic (exact) mass is 312 g/mol. The summed E-state index contributed by atoms with van der Waals surface area (Å²) in [5.74, 6) is -0.0702. The molecule has 0 bridgehead atoms. The fourth-order valence-electron chi connectivity index (χ4n) is 1.00. The summed E-state index contributed by atoms with van der Waals surface area (Å²) in [5.41, 5.74) is 6.11. The van der Waals surface area contributed by atoms with Crippen molar-refractivity contribution in [2.24, 2.45) is 5.73 Å². The van der Waals surface area contributed by atoms with Gasteiger partial charge in [-0.05, 0) is 35.8 Å². The van der Waals surface area contributed by atoms with Crippen molar-refractivity contribution < 1.29 is 4.79 Å². The summed E-state index contributed by atoms with van der Waals surface area (Å²) >= 11 is 4.91. The number of halogens is 2. The molecule has 1 amide bonds. The van der Waals surface area contributed by atoms with Crippen LogP contribution in [-0.2, 0) is 0 Å². The third-order valence-corrected chi connectivity index (χ3v) is 3.54. The number of amides is 1. The van der Waals surface area contributed by atoms with Crippen molar-refractivity contribution in [2.75, 3.05) is 6.54 Å². The van der Waals surface area contributed by atoms with Gasteiger partial charge in [-0.3, -0.25) is 4.79 Å². The SMILES string of the molecule is Cc1cc(C(=O)N[C@@H](C)CN)c(Br)s1.Cl. The fourth-order valence-corrected chi connectivity index (χ4v) is 2.78. The van der Waals surface area contributed by atoms with E-state index in [9.17, 15) is 4.79 Å². The van der Waals surface area contributed by atoms with Crippen LogP contribution in [0.25, 0.3) is 0 Å². The number of hydrogen-bond donors (Lipinski definition) is 2. The Labute approximate surface area is 108 Å². The minimum atomic E-state index is -0.0702. The van der Waals surface area contributed by atoms with Gasteiger partial charge in [-0.2, -0.15) is 0 Å². The highest BCUT2D eigenvalue weighted by molar-refractivity contribution is 9.11. The molecule has 0 unspecified atom stereocenters. The fraction of sp³-hybridized carbons (Fsp3) is 0.444. The highest BCUT2D eigenvalue weighted by Gasteiger charge is 2.14. The maximum atomic E-state index is 11.7. The van der Waals surface area contributed by atoms with E-state index in [1.54, 1.807) is 11.3 Å². The van der Waals surface area contributed by atoms with Crippen LogP contribution in [0.5, 0.6) is 0 Å². The number of aryl methyl sites for hydroxylation is 1. The molecule has 0 radical (unpaired) electrons. The summed E-state index contributed by atoms with van der Waals surface area (Å²) in [6, 6.07) is 1.88. The van der Waals surface area contributed by atoms with Crippen molar-refractivity contribution in [1.29, 1.82) is 0 Å². The van der Waals surface area contributed by atoms with Gasteiger partial charge in [0.1, 0.15) is 0 Å². The third-order valence-electron chi connectivity index (χ3n) is 1.79. The molecule has 15 heavy (non-hydrogen) atoms. The standard InChI is InChI=1S/C9H13BrN2OS.ClH/c1-5(4-11)12-9(13)7-3-6(2)14-8(7)10;/h3,5H,4,11H2,1-2H3,(H,12,13);1H/t5-;/m0./s1. The number of hydrogen-bond acceptors (Lipinski definition) is 3. The van der Waals surface area contributed by atoms with Crippen LogP contribution < -0.4 is 11.1 Å². The molecular weight excluding hydrogens is 300 g/mol. The first kappa shape index (κ1) is 14.9. The van der Waals surface area contributed by atoms with E-state index in [4.69, 9.17) is 5.73 Å². The summed E-state index contributed by atoms with van der Waals surface area (Å²) in [6.07, 6.45) is 0. The van der Waals surface area contributed by atoms with E-state index in [0.717, 1.165) is 8.66 Å². The van der Waals surface area contributed by atoms with Gasteiger partial charge < -0.3 is 11.1 Å². The van der Waals surface area contributed by atoms with Crippen LogP contribution in [-0.4, -0.2) is 18.5 Å². The van der Waals surface area contributed by atoms with Gasteiger partial charge in [-0.1, -0.05) is 0 Å². The average molecular weight is 314 g/mol. The minimum absolute atomic E-state index is 0. The second kappa shape index (κ2) is 6.48. The van der Waals surface area contributed by atoms with Crippen LogP contribution in [0.3, 0.4) is 0 Å². The van der Waals surface area contributed by atoms with Gasteiger partial charge in [0.2, 0.25) is 0 Å². The molecule has 1 atom stereocenters.